The Morgan fingerprint density at radius 2 is 1.85 bits per heavy atom. The zero-order chi connectivity index (χ0) is 13.5. The van der Waals surface area contributed by atoms with Gasteiger partial charge in [-0.15, -0.1) is 0 Å². The highest BCUT2D eigenvalue weighted by Gasteiger charge is 2.06. The van der Waals surface area contributed by atoms with E-state index in [2.05, 4.69) is 10.5 Å². The minimum absolute atomic E-state index is 0. The minimum atomic E-state index is -0.179. The van der Waals surface area contributed by atoms with Crippen molar-refractivity contribution in [2.75, 3.05) is 0 Å². The molecule has 4 nitrogen and oxygen atoms in total. The van der Waals surface area contributed by atoms with Crippen LogP contribution in [0.3, 0.4) is 0 Å². The molecule has 0 spiro atoms. The number of carbonyl (C=O) groups is 1. The van der Waals surface area contributed by atoms with Crippen LogP contribution in [0.15, 0.2) is 60.0 Å². The molecule has 0 radical (unpaired) electrons. The summed E-state index contributed by atoms with van der Waals surface area (Å²) in [6.07, 6.45) is 5.22. The summed E-state index contributed by atoms with van der Waals surface area (Å²) in [5.41, 5.74) is 3.34. The van der Waals surface area contributed by atoms with Gasteiger partial charge < -0.3 is 12.4 Å². The zero-order valence-corrected chi connectivity index (χ0v) is 12.1. The van der Waals surface area contributed by atoms with Crippen molar-refractivity contribution in [3.8, 4) is 0 Å². The number of carbonyl (C=O) groups excluding carboxylic acids is 1. The molecule has 0 saturated carbocycles. The second-order valence-electron chi connectivity index (χ2n) is 3.89. The van der Waals surface area contributed by atoms with Gasteiger partial charge in [-0.05, 0) is 17.7 Å². The number of hydrogen-bond donors (Lipinski definition) is 1. The molecule has 1 amide bonds. The summed E-state index contributed by atoms with van der Waals surface area (Å²) in [4.78, 5) is 11.6. The third kappa shape index (κ3) is 5.38. The lowest BCUT2D eigenvalue weighted by Gasteiger charge is -1.96. The Hall–Kier alpha value is -1.91. The number of hydrogen-bond acceptors (Lipinski definition) is 2. The first-order chi connectivity index (χ1) is 9.24. The molecule has 1 N–H and O–H groups in total. The van der Waals surface area contributed by atoms with E-state index in [0.29, 0.717) is 5.02 Å². The number of aromatic nitrogens is 1. The molecule has 0 aliphatic heterocycles. The summed E-state index contributed by atoms with van der Waals surface area (Å²) in [6, 6.07) is 12.8. The van der Waals surface area contributed by atoms with Crippen LogP contribution < -0.4 is 22.4 Å². The first kappa shape index (κ1) is 16.1. The molecule has 0 aliphatic carbocycles. The molecule has 1 aromatic carbocycles. The number of halogens is 2. The monoisotopic (exact) mass is 309 g/mol. The van der Waals surface area contributed by atoms with E-state index < -0.39 is 0 Å². The predicted molar refractivity (Wildman–Crippen MR) is 73.8 cm³/mol. The Bertz CT molecular complexity index is 571. The fourth-order valence-electron chi connectivity index (χ4n) is 1.47. The van der Waals surface area contributed by atoms with Crippen molar-refractivity contribution in [2.45, 2.75) is 6.54 Å². The summed E-state index contributed by atoms with van der Waals surface area (Å²) in [5, 5.41) is 4.55. The smallest absolute Gasteiger partial charge is 0.305 e. The second-order valence-corrected chi connectivity index (χ2v) is 4.33. The average Bonchev–Trinajstić information content (AvgIpc) is 2.42. The molecule has 2 aromatic rings. The van der Waals surface area contributed by atoms with Gasteiger partial charge in [0.25, 0.3) is 0 Å². The van der Waals surface area contributed by atoms with Crippen molar-refractivity contribution in [3.05, 3.63) is 65.4 Å². The second kappa shape index (κ2) is 8.30. The van der Waals surface area contributed by atoms with Gasteiger partial charge in [0.15, 0.2) is 12.4 Å². The van der Waals surface area contributed by atoms with Gasteiger partial charge in [-0.3, -0.25) is 4.79 Å². The summed E-state index contributed by atoms with van der Waals surface area (Å²) in [7, 11) is 0. The molecule has 0 unspecified atom stereocenters. The van der Waals surface area contributed by atoms with Crippen molar-refractivity contribution < 1.29 is 21.8 Å². The summed E-state index contributed by atoms with van der Waals surface area (Å²) in [6.45, 7) is 0.235. The van der Waals surface area contributed by atoms with Crippen molar-refractivity contribution in [1.29, 1.82) is 0 Å². The number of benzene rings is 1. The first-order valence-corrected chi connectivity index (χ1v) is 6.13. The number of hydrazone groups is 1. The Kier molecular flexibility index (Phi) is 6.70. The van der Waals surface area contributed by atoms with Crippen molar-refractivity contribution >= 4 is 23.7 Å². The Morgan fingerprint density at radius 1 is 1.20 bits per heavy atom. The van der Waals surface area contributed by atoms with Crippen LogP contribution in [-0.4, -0.2) is 12.1 Å². The molecule has 0 aliphatic rings. The van der Waals surface area contributed by atoms with Crippen molar-refractivity contribution in [2.24, 2.45) is 5.10 Å². The minimum Gasteiger partial charge on any atom is -1.00 e. The third-order valence-corrected chi connectivity index (χ3v) is 2.63. The van der Waals surface area contributed by atoms with Crippen LogP contribution in [0.25, 0.3) is 0 Å². The molecule has 0 bridgehead atoms. The number of rotatable bonds is 4. The average molecular weight is 310 g/mol. The lowest BCUT2D eigenvalue weighted by atomic mass is 10.2. The lowest BCUT2D eigenvalue weighted by Crippen LogP contribution is -3.00. The van der Waals surface area contributed by atoms with Crippen LogP contribution in [0.5, 0.6) is 0 Å². The largest absolute Gasteiger partial charge is 1.00 e. The standard InChI is InChI=1S/C14H12ClN3O.ClH/c15-13-6-4-12(5-7-13)10-16-17-14(19)11-18-8-2-1-3-9-18;/h1-10H,11H2;1H/b16-10-;. The van der Waals surface area contributed by atoms with E-state index >= 15 is 0 Å². The molecule has 1 aromatic heterocycles. The Labute approximate surface area is 128 Å². The summed E-state index contributed by atoms with van der Waals surface area (Å²) < 4.78 is 1.77. The van der Waals surface area contributed by atoms with E-state index in [1.807, 2.05) is 42.7 Å². The van der Waals surface area contributed by atoms with Crippen molar-refractivity contribution in [3.63, 3.8) is 0 Å². The first-order valence-electron chi connectivity index (χ1n) is 5.75. The molecule has 6 heteroatoms. The molecule has 0 saturated heterocycles. The predicted octanol–water partition coefficient (Wildman–Crippen LogP) is -1.22. The molecular weight excluding hydrogens is 297 g/mol. The van der Waals surface area contributed by atoms with Gasteiger partial charge in [-0.25, -0.2) is 5.43 Å². The van der Waals surface area contributed by atoms with E-state index in [9.17, 15) is 4.79 Å². The van der Waals surface area contributed by atoms with Gasteiger partial charge in [0.05, 0.1) is 6.21 Å². The summed E-state index contributed by atoms with van der Waals surface area (Å²) >= 11 is 5.77. The van der Waals surface area contributed by atoms with Gasteiger partial charge in [0.2, 0.25) is 6.54 Å². The van der Waals surface area contributed by atoms with Crippen LogP contribution in [-0.2, 0) is 11.3 Å². The molecule has 0 fully saturated rings. The normalized spacial score (nSPS) is 10.1. The zero-order valence-electron chi connectivity index (χ0n) is 10.5. The highest BCUT2D eigenvalue weighted by atomic mass is 35.5. The van der Waals surface area contributed by atoms with Crippen LogP contribution in [0.2, 0.25) is 5.02 Å². The lowest BCUT2D eigenvalue weighted by molar-refractivity contribution is -0.684. The molecule has 0 atom stereocenters. The maximum absolute atomic E-state index is 11.6. The van der Waals surface area contributed by atoms with Gasteiger partial charge in [0, 0.05) is 17.2 Å². The third-order valence-electron chi connectivity index (χ3n) is 2.38. The fourth-order valence-corrected chi connectivity index (χ4v) is 1.59. The van der Waals surface area contributed by atoms with E-state index in [0.717, 1.165) is 5.56 Å². The molecular formula is C14H13Cl2N3O. The van der Waals surface area contributed by atoms with Gasteiger partial charge in [-0.1, -0.05) is 29.8 Å². The van der Waals surface area contributed by atoms with E-state index in [4.69, 9.17) is 11.6 Å². The topological polar surface area (TPSA) is 45.3 Å². The van der Waals surface area contributed by atoms with Crippen LogP contribution in [0.4, 0.5) is 0 Å². The SMILES string of the molecule is O=C(C[n+]1ccccc1)N/N=C\c1ccc(Cl)cc1.[Cl-]. The van der Waals surface area contributed by atoms with Crippen LogP contribution in [0.1, 0.15) is 5.56 Å². The quantitative estimate of drug-likeness (QED) is 0.430. The van der Waals surface area contributed by atoms with Crippen LogP contribution in [0, 0.1) is 0 Å². The maximum Gasteiger partial charge on any atom is 0.305 e. The van der Waals surface area contributed by atoms with E-state index in [-0.39, 0.29) is 24.9 Å². The van der Waals surface area contributed by atoms with E-state index in [1.54, 1.807) is 22.9 Å². The number of nitrogens with one attached hydrogen (secondary N) is 1. The number of pyridine rings is 1. The van der Waals surface area contributed by atoms with E-state index in [1.165, 1.54) is 0 Å². The van der Waals surface area contributed by atoms with Gasteiger partial charge in [-0.2, -0.15) is 9.67 Å². The molecule has 1 heterocycles. The van der Waals surface area contributed by atoms with Crippen LogP contribution >= 0.6 is 11.6 Å². The fraction of sp³-hybridized carbons (Fsp3) is 0.0714. The van der Waals surface area contributed by atoms with Crippen molar-refractivity contribution in [1.82, 2.24) is 5.43 Å². The Morgan fingerprint density at radius 3 is 2.50 bits per heavy atom. The highest BCUT2D eigenvalue weighted by molar-refractivity contribution is 6.30. The number of nitrogens with zero attached hydrogens (tertiary/aromatic N) is 2. The van der Waals surface area contributed by atoms with Gasteiger partial charge >= 0.3 is 5.91 Å². The molecule has 20 heavy (non-hydrogen) atoms. The molecule has 2 rings (SSSR count). The summed E-state index contributed by atoms with van der Waals surface area (Å²) in [5.74, 6) is -0.179. The molecule has 104 valence electrons. The highest BCUT2D eigenvalue weighted by Crippen LogP contribution is 2.07. The maximum atomic E-state index is 11.6. The number of amides is 1. The van der Waals surface area contributed by atoms with Gasteiger partial charge in [0.1, 0.15) is 0 Å². The Balaban J connectivity index is 0.00000200.